The number of quaternary nitrogens is 1. The van der Waals surface area contributed by atoms with Crippen LogP contribution >= 0.6 is 11.3 Å². The van der Waals surface area contributed by atoms with Crippen molar-refractivity contribution in [3.05, 3.63) is 33.9 Å². The first-order valence-corrected chi connectivity index (χ1v) is 11.5. The molecule has 0 spiro atoms. The van der Waals surface area contributed by atoms with Gasteiger partial charge in [-0.2, -0.15) is 0 Å². The van der Waals surface area contributed by atoms with Gasteiger partial charge in [-0.15, -0.1) is 0 Å². The van der Waals surface area contributed by atoms with Crippen molar-refractivity contribution in [2.75, 3.05) is 26.2 Å². The molecule has 1 atom stereocenters. The number of thiazole rings is 1. The predicted octanol–water partition coefficient (Wildman–Crippen LogP) is 4.64. The van der Waals surface area contributed by atoms with E-state index in [9.17, 15) is 9.90 Å². The fraction of sp³-hybridized carbons (Fsp3) is 0.682. The van der Waals surface area contributed by atoms with Gasteiger partial charge >= 0.3 is 4.87 Å². The Morgan fingerprint density at radius 3 is 2.11 bits per heavy atom. The van der Waals surface area contributed by atoms with E-state index in [-0.39, 0.29) is 4.87 Å². The van der Waals surface area contributed by atoms with Gasteiger partial charge in [-0.3, -0.25) is 9.36 Å². The zero-order valence-electron chi connectivity index (χ0n) is 17.3. The summed E-state index contributed by atoms with van der Waals surface area (Å²) in [7, 11) is 0. The van der Waals surface area contributed by atoms with Crippen LogP contribution in [0.3, 0.4) is 0 Å². The third-order valence-electron chi connectivity index (χ3n) is 5.52. The number of nitrogens with zero attached hydrogens (tertiary/aromatic N) is 2. The van der Waals surface area contributed by atoms with Crippen LogP contribution in [0.25, 0.3) is 10.2 Å². The van der Waals surface area contributed by atoms with E-state index < -0.39 is 6.10 Å². The minimum atomic E-state index is -0.494. The van der Waals surface area contributed by atoms with Gasteiger partial charge in [0.15, 0.2) is 0 Å². The maximum Gasteiger partial charge on any atom is 0.308 e. The first-order chi connectivity index (χ1) is 13.0. The molecular formula is C22H37N2O2S+. The second kappa shape index (κ2) is 11.0. The molecule has 0 radical (unpaired) electrons. The molecule has 4 nitrogen and oxygen atoms in total. The molecule has 0 fully saturated rings. The van der Waals surface area contributed by atoms with Crippen molar-refractivity contribution in [1.82, 2.24) is 4.57 Å². The molecule has 0 bridgehead atoms. The molecule has 0 saturated heterocycles. The minimum Gasteiger partial charge on any atom is -0.385 e. The Bertz CT molecular complexity index is 715. The summed E-state index contributed by atoms with van der Waals surface area (Å²) in [4.78, 5) is 12.5. The molecule has 2 rings (SSSR count). The summed E-state index contributed by atoms with van der Waals surface area (Å²) < 4.78 is 3.75. The van der Waals surface area contributed by atoms with Crippen LogP contribution in [0.2, 0.25) is 0 Å². The highest BCUT2D eigenvalue weighted by atomic mass is 32.1. The molecular weight excluding hydrogens is 356 g/mol. The number of para-hydroxylation sites is 1. The van der Waals surface area contributed by atoms with Crippen LogP contribution < -0.4 is 4.87 Å². The molecule has 0 aliphatic heterocycles. The molecule has 0 saturated carbocycles. The lowest BCUT2D eigenvalue weighted by Gasteiger charge is -2.40. The lowest BCUT2D eigenvalue weighted by molar-refractivity contribution is -0.931. The number of hydrogen-bond donors (Lipinski definition) is 1. The van der Waals surface area contributed by atoms with Crippen molar-refractivity contribution in [2.24, 2.45) is 0 Å². The maximum absolute atomic E-state index is 12.4. The zero-order valence-corrected chi connectivity index (χ0v) is 18.1. The number of aliphatic hydroxyl groups excluding tert-OH is 1. The zero-order chi connectivity index (χ0) is 19.7. The Labute approximate surface area is 168 Å². The van der Waals surface area contributed by atoms with Crippen LogP contribution in [-0.2, 0) is 6.54 Å². The van der Waals surface area contributed by atoms with Crippen molar-refractivity contribution in [3.8, 4) is 0 Å². The average molecular weight is 394 g/mol. The quantitative estimate of drug-likeness (QED) is 0.504. The van der Waals surface area contributed by atoms with Gasteiger partial charge in [-0.1, -0.05) is 63.5 Å². The fourth-order valence-corrected chi connectivity index (χ4v) is 4.89. The van der Waals surface area contributed by atoms with Crippen molar-refractivity contribution < 1.29 is 9.59 Å². The van der Waals surface area contributed by atoms with Crippen molar-refractivity contribution in [1.29, 1.82) is 0 Å². The highest BCUT2D eigenvalue weighted by Gasteiger charge is 2.29. The molecule has 2 aromatic rings. The molecule has 1 heterocycles. The standard InChI is InChI=1S/C22H37N2O2S/c1-4-7-14-24(15-8-5-2,16-9-6-3)18-19(25)17-23-20-12-10-11-13-21(20)27-22(23)26/h10-13,19,25H,4-9,14-18H2,1-3H3/q+1/t19-/m1/s1. The lowest BCUT2D eigenvalue weighted by Crippen LogP contribution is -2.54. The van der Waals surface area contributed by atoms with Crippen LogP contribution in [0.5, 0.6) is 0 Å². The summed E-state index contributed by atoms with van der Waals surface area (Å²) in [5.41, 5.74) is 0.945. The average Bonchev–Trinajstić information content (AvgIpc) is 2.98. The van der Waals surface area contributed by atoms with Gasteiger partial charge in [0.1, 0.15) is 12.6 Å². The van der Waals surface area contributed by atoms with Crippen LogP contribution in [0, 0.1) is 0 Å². The first-order valence-electron chi connectivity index (χ1n) is 10.7. The molecule has 1 aromatic carbocycles. The summed E-state index contributed by atoms with van der Waals surface area (Å²) in [6.45, 7) is 11.3. The molecule has 1 N–H and O–H groups in total. The monoisotopic (exact) mass is 393 g/mol. The Kier molecular flexibility index (Phi) is 9.00. The van der Waals surface area contributed by atoms with Crippen molar-refractivity contribution in [3.63, 3.8) is 0 Å². The van der Waals surface area contributed by atoms with Gasteiger partial charge in [0.25, 0.3) is 0 Å². The molecule has 152 valence electrons. The van der Waals surface area contributed by atoms with Gasteiger partial charge < -0.3 is 9.59 Å². The van der Waals surface area contributed by atoms with Crippen LogP contribution in [0.1, 0.15) is 59.3 Å². The van der Waals surface area contributed by atoms with Crippen molar-refractivity contribution in [2.45, 2.75) is 71.9 Å². The van der Waals surface area contributed by atoms with E-state index in [0.717, 1.165) is 40.9 Å². The number of rotatable bonds is 13. The summed E-state index contributed by atoms with van der Waals surface area (Å²) >= 11 is 1.27. The van der Waals surface area contributed by atoms with Gasteiger partial charge in [0, 0.05) is 0 Å². The van der Waals surface area contributed by atoms with Crippen molar-refractivity contribution >= 4 is 21.6 Å². The van der Waals surface area contributed by atoms with E-state index in [0.29, 0.717) is 6.54 Å². The minimum absolute atomic E-state index is 0.0315. The highest BCUT2D eigenvalue weighted by molar-refractivity contribution is 7.16. The predicted molar refractivity (Wildman–Crippen MR) is 117 cm³/mol. The molecule has 1 aromatic heterocycles. The molecule has 5 heteroatoms. The van der Waals surface area contributed by atoms with E-state index in [1.165, 1.54) is 49.9 Å². The van der Waals surface area contributed by atoms with Gasteiger partial charge in [-0.05, 0) is 31.4 Å². The topological polar surface area (TPSA) is 42.2 Å². The first kappa shape index (κ1) is 22.1. The number of unbranched alkanes of at least 4 members (excludes halogenated alkanes) is 3. The van der Waals surface area contributed by atoms with Gasteiger partial charge in [0.2, 0.25) is 0 Å². The smallest absolute Gasteiger partial charge is 0.308 e. The summed E-state index contributed by atoms with van der Waals surface area (Å²) in [6, 6.07) is 7.88. The second-order valence-corrected chi connectivity index (χ2v) is 8.85. The van der Waals surface area contributed by atoms with Gasteiger partial charge in [0.05, 0.1) is 36.4 Å². The fourth-order valence-electron chi connectivity index (χ4n) is 3.99. The van der Waals surface area contributed by atoms with Gasteiger partial charge in [-0.25, -0.2) is 0 Å². The molecule has 0 aliphatic rings. The Morgan fingerprint density at radius 2 is 1.56 bits per heavy atom. The van der Waals surface area contributed by atoms with E-state index in [1.807, 2.05) is 24.3 Å². The third-order valence-corrected chi connectivity index (χ3v) is 6.48. The second-order valence-electron chi connectivity index (χ2n) is 7.86. The number of fused-ring (bicyclic) bond motifs is 1. The van der Waals surface area contributed by atoms with E-state index in [2.05, 4.69) is 20.8 Å². The largest absolute Gasteiger partial charge is 0.385 e. The molecule has 27 heavy (non-hydrogen) atoms. The molecule has 0 unspecified atom stereocenters. The highest BCUT2D eigenvalue weighted by Crippen LogP contribution is 2.19. The van der Waals surface area contributed by atoms with Crippen LogP contribution in [-0.4, -0.2) is 46.4 Å². The third kappa shape index (κ3) is 6.16. The number of aromatic nitrogens is 1. The summed E-state index contributed by atoms with van der Waals surface area (Å²) in [5.74, 6) is 0. The summed E-state index contributed by atoms with van der Waals surface area (Å²) in [5, 5.41) is 11.0. The van der Waals surface area contributed by atoms with E-state index in [4.69, 9.17) is 0 Å². The maximum atomic E-state index is 12.4. The Morgan fingerprint density at radius 1 is 1.00 bits per heavy atom. The van der Waals surface area contributed by atoms with Crippen LogP contribution in [0.4, 0.5) is 0 Å². The summed E-state index contributed by atoms with van der Waals surface area (Å²) in [6.07, 6.45) is 6.64. The molecule has 0 aliphatic carbocycles. The Hall–Kier alpha value is -1.17. The number of aliphatic hydroxyl groups is 1. The normalized spacial score (nSPS) is 13.3. The van der Waals surface area contributed by atoms with E-state index >= 15 is 0 Å². The van der Waals surface area contributed by atoms with E-state index in [1.54, 1.807) is 4.57 Å². The number of hydrogen-bond acceptors (Lipinski definition) is 3. The molecule has 0 amide bonds. The lowest BCUT2D eigenvalue weighted by atomic mass is 10.1. The van der Waals surface area contributed by atoms with Crippen LogP contribution in [0.15, 0.2) is 29.1 Å². The SMILES string of the molecule is CCCC[N+](CCCC)(CCCC)C[C@H](O)Cn1c(=O)sc2ccccc21. The number of benzene rings is 1. The Balaban J connectivity index is 2.18.